The molecule has 1 fully saturated rings. The van der Waals surface area contributed by atoms with Crippen molar-refractivity contribution in [1.82, 2.24) is 0 Å². The highest BCUT2D eigenvalue weighted by Crippen LogP contribution is 2.43. The SMILES string of the molecule is CC1(C)Oc2ccc(NC(=O)CC3(CN)CCC3)cc2O1. The summed E-state index contributed by atoms with van der Waals surface area (Å²) in [5.74, 6) is 0.726. The second kappa shape index (κ2) is 4.91. The highest BCUT2D eigenvalue weighted by Gasteiger charge is 2.37. The van der Waals surface area contributed by atoms with E-state index in [9.17, 15) is 4.79 Å². The maximum Gasteiger partial charge on any atom is 0.246 e. The molecule has 2 aliphatic rings. The van der Waals surface area contributed by atoms with Crippen LogP contribution in [-0.4, -0.2) is 18.2 Å². The van der Waals surface area contributed by atoms with Crippen LogP contribution in [0, 0.1) is 5.41 Å². The van der Waals surface area contributed by atoms with Gasteiger partial charge in [0.2, 0.25) is 11.7 Å². The van der Waals surface area contributed by atoms with Crippen LogP contribution in [0.2, 0.25) is 0 Å². The van der Waals surface area contributed by atoms with Crippen molar-refractivity contribution in [2.24, 2.45) is 11.1 Å². The predicted molar refractivity (Wildman–Crippen MR) is 80.4 cm³/mol. The van der Waals surface area contributed by atoms with Gasteiger partial charge in [0.05, 0.1) is 0 Å². The highest BCUT2D eigenvalue weighted by molar-refractivity contribution is 5.91. The second-order valence-corrected chi connectivity index (χ2v) is 6.55. The van der Waals surface area contributed by atoms with Crippen molar-refractivity contribution < 1.29 is 14.3 Å². The molecule has 0 atom stereocenters. The fourth-order valence-electron chi connectivity index (χ4n) is 2.98. The number of anilines is 1. The van der Waals surface area contributed by atoms with E-state index in [4.69, 9.17) is 15.2 Å². The van der Waals surface area contributed by atoms with Crippen molar-refractivity contribution in [3.63, 3.8) is 0 Å². The Morgan fingerprint density at radius 1 is 1.29 bits per heavy atom. The van der Waals surface area contributed by atoms with E-state index in [1.54, 1.807) is 6.07 Å². The molecule has 1 aromatic rings. The summed E-state index contributed by atoms with van der Waals surface area (Å²) < 4.78 is 11.3. The standard InChI is InChI=1S/C16H22N2O3/c1-15(2)20-12-5-4-11(8-13(12)21-15)18-14(19)9-16(10-17)6-3-7-16/h4-5,8H,3,6-7,9-10,17H2,1-2H3,(H,18,19). The Morgan fingerprint density at radius 2 is 2.00 bits per heavy atom. The molecule has 0 radical (unpaired) electrons. The van der Waals surface area contributed by atoms with Gasteiger partial charge in [-0.25, -0.2) is 0 Å². The van der Waals surface area contributed by atoms with E-state index in [1.165, 1.54) is 6.42 Å². The number of carbonyl (C=O) groups excluding carboxylic acids is 1. The average molecular weight is 290 g/mol. The van der Waals surface area contributed by atoms with E-state index in [-0.39, 0.29) is 11.3 Å². The van der Waals surface area contributed by atoms with Gasteiger partial charge in [-0.1, -0.05) is 6.42 Å². The molecule has 5 nitrogen and oxygen atoms in total. The first-order valence-corrected chi connectivity index (χ1v) is 7.43. The summed E-state index contributed by atoms with van der Waals surface area (Å²) in [6.45, 7) is 4.29. The number of amides is 1. The third kappa shape index (κ3) is 2.83. The van der Waals surface area contributed by atoms with Crippen molar-refractivity contribution in [3.05, 3.63) is 18.2 Å². The molecule has 1 aliphatic heterocycles. The topological polar surface area (TPSA) is 73.6 Å². The second-order valence-electron chi connectivity index (χ2n) is 6.55. The first-order valence-electron chi connectivity index (χ1n) is 7.43. The summed E-state index contributed by atoms with van der Waals surface area (Å²) in [5, 5.41) is 2.93. The lowest BCUT2D eigenvalue weighted by atomic mass is 9.66. The Bertz CT molecular complexity index is 559. The van der Waals surface area contributed by atoms with Gasteiger partial charge in [0.1, 0.15) is 0 Å². The first-order chi connectivity index (χ1) is 9.91. The van der Waals surface area contributed by atoms with Gasteiger partial charge in [-0.05, 0) is 36.9 Å². The molecule has 1 aromatic carbocycles. The van der Waals surface area contributed by atoms with E-state index in [1.807, 2.05) is 26.0 Å². The zero-order chi connectivity index (χ0) is 15.1. The van der Waals surface area contributed by atoms with Crippen molar-refractivity contribution in [1.29, 1.82) is 0 Å². The molecule has 3 rings (SSSR count). The molecular weight excluding hydrogens is 268 g/mol. The zero-order valence-corrected chi connectivity index (χ0v) is 12.6. The number of rotatable bonds is 4. The van der Waals surface area contributed by atoms with E-state index < -0.39 is 5.79 Å². The van der Waals surface area contributed by atoms with E-state index in [0.717, 1.165) is 18.5 Å². The molecule has 1 saturated carbocycles. The number of hydrogen-bond acceptors (Lipinski definition) is 4. The van der Waals surface area contributed by atoms with Gasteiger partial charge >= 0.3 is 0 Å². The molecule has 21 heavy (non-hydrogen) atoms. The lowest BCUT2D eigenvalue weighted by molar-refractivity contribution is -0.119. The number of nitrogens with one attached hydrogen (secondary N) is 1. The molecular formula is C16H22N2O3. The largest absolute Gasteiger partial charge is 0.449 e. The fraction of sp³-hybridized carbons (Fsp3) is 0.562. The smallest absolute Gasteiger partial charge is 0.246 e. The molecule has 0 saturated heterocycles. The number of nitrogens with two attached hydrogens (primary N) is 1. The van der Waals surface area contributed by atoms with Gasteiger partial charge in [-0.2, -0.15) is 0 Å². The molecule has 0 aromatic heterocycles. The molecule has 0 unspecified atom stereocenters. The molecule has 3 N–H and O–H groups in total. The molecule has 0 spiro atoms. The van der Waals surface area contributed by atoms with Crippen LogP contribution >= 0.6 is 0 Å². The van der Waals surface area contributed by atoms with Crippen LogP contribution in [0.4, 0.5) is 5.69 Å². The van der Waals surface area contributed by atoms with Gasteiger partial charge in [0, 0.05) is 32.0 Å². The monoisotopic (exact) mass is 290 g/mol. The van der Waals surface area contributed by atoms with Crippen LogP contribution in [0.3, 0.4) is 0 Å². The highest BCUT2D eigenvalue weighted by atomic mass is 16.7. The van der Waals surface area contributed by atoms with Crippen molar-refractivity contribution in [3.8, 4) is 11.5 Å². The molecule has 1 heterocycles. The minimum atomic E-state index is -0.652. The quantitative estimate of drug-likeness (QED) is 0.894. The summed E-state index contributed by atoms with van der Waals surface area (Å²) in [6, 6.07) is 5.46. The Balaban J connectivity index is 1.65. The number of fused-ring (bicyclic) bond motifs is 1. The van der Waals surface area contributed by atoms with Crippen LogP contribution in [0.5, 0.6) is 11.5 Å². The third-order valence-electron chi connectivity index (χ3n) is 4.32. The van der Waals surface area contributed by atoms with Crippen LogP contribution in [0.25, 0.3) is 0 Å². The Labute approximate surface area is 124 Å². The van der Waals surface area contributed by atoms with Crippen molar-refractivity contribution in [2.45, 2.75) is 45.3 Å². The third-order valence-corrected chi connectivity index (χ3v) is 4.32. The van der Waals surface area contributed by atoms with E-state index >= 15 is 0 Å². The molecule has 1 amide bonds. The maximum atomic E-state index is 12.2. The maximum absolute atomic E-state index is 12.2. The molecule has 5 heteroatoms. The Hall–Kier alpha value is -1.75. The molecule has 114 valence electrons. The van der Waals surface area contributed by atoms with E-state index in [0.29, 0.717) is 24.5 Å². The first kappa shape index (κ1) is 14.2. The molecule has 1 aliphatic carbocycles. The summed E-state index contributed by atoms with van der Waals surface area (Å²) in [5.41, 5.74) is 6.54. The van der Waals surface area contributed by atoms with Crippen LogP contribution in [-0.2, 0) is 4.79 Å². The van der Waals surface area contributed by atoms with Gasteiger partial charge in [-0.3, -0.25) is 4.79 Å². The van der Waals surface area contributed by atoms with Gasteiger partial charge in [-0.15, -0.1) is 0 Å². The summed E-state index contributed by atoms with van der Waals surface area (Å²) in [6.07, 6.45) is 3.76. The van der Waals surface area contributed by atoms with Gasteiger partial charge in [0.15, 0.2) is 11.5 Å². The summed E-state index contributed by atoms with van der Waals surface area (Å²) in [4.78, 5) is 12.2. The number of hydrogen-bond donors (Lipinski definition) is 2. The zero-order valence-electron chi connectivity index (χ0n) is 12.6. The fourth-order valence-corrected chi connectivity index (χ4v) is 2.98. The minimum absolute atomic E-state index is 0.0123. The average Bonchev–Trinajstić information content (AvgIpc) is 2.67. The van der Waals surface area contributed by atoms with Crippen LogP contribution in [0.1, 0.15) is 39.5 Å². The van der Waals surface area contributed by atoms with Gasteiger partial charge in [0.25, 0.3) is 0 Å². The number of ether oxygens (including phenoxy) is 2. The van der Waals surface area contributed by atoms with Gasteiger partial charge < -0.3 is 20.5 Å². The summed E-state index contributed by atoms with van der Waals surface area (Å²) >= 11 is 0. The number of carbonyl (C=O) groups is 1. The predicted octanol–water partition coefficient (Wildman–Crippen LogP) is 2.65. The van der Waals surface area contributed by atoms with Crippen LogP contribution in [0.15, 0.2) is 18.2 Å². The lowest BCUT2D eigenvalue weighted by Gasteiger charge is -2.40. The van der Waals surface area contributed by atoms with Crippen molar-refractivity contribution >= 4 is 11.6 Å². The van der Waals surface area contributed by atoms with Crippen molar-refractivity contribution in [2.75, 3.05) is 11.9 Å². The summed E-state index contributed by atoms with van der Waals surface area (Å²) in [7, 11) is 0. The normalized spacial score (nSPS) is 20.7. The lowest BCUT2D eigenvalue weighted by Crippen LogP contribution is -2.40. The Kier molecular flexibility index (Phi) is 3.32. The Morgan fingerprint density at radius 3 is 2.62 bits per heavy atom. The van der Waals surface area contributed by atoms with E-state index in [2.05, 4.69) is 5.32 Å². The minimum Gasteiger partial charge on any atom is -0.449 e. The number of benzene rings is 1. The molecule has 0 bridgehead atoms. The van der Waals surface area contributed by atoms with Crippen LogP contribution < -0.4 is 20.5 Å².